The second kappa shape index (κ2) is 9.40. The summed E-state index contributed by atoms with van der Waals surface area (Å²) in [7, 11) is 0. The molecule has 2 N–H and O–H groups in total. The van der Waals surface area contributed by atoms with E-state index < -0.39 is 0 Å². The lowest BCUT2D eigenvalue weighted by Crippen LogP contribution is -1.93. The van der Waals surface area contributed by atoms with Crippen LogP contribution in [0.25, 0.3) is 0 Å². The van der Waals surface area contributed by atoms with E-state index >= 15 is 0 Å². The fourth-order valence-electron chi connectivity index (χ4n) is 2.41. The van der Waals surface area contributed by atoms with E-state index in [2.05, 4.69) is 21.1 Å². The molecule has 0 spiro atoms. The molecule has 3 rings (SSSR count). The summed E-state index contributed by atoms with van der Waals surface area (Å²) in [6, 6.07) is 19.3. The van der Waals surface area contributed by atoms with E-state index in [1.165, 1.54) is 0 Å². The molecular weight excluding hydrogens is 391 g/mol. The zero-order chi connectivity index (χ0) is 19.9. The maximum Gasteiger partial charge on any atom is 0.0576 e. The van der Waals surface area contributed by atoms with Crippen LogP contribution in [0, 0.1) is 13.8 Å². The molecule has 0 atom stereocenters. The normalized spacial score (nSPS) is 11.3. The van der Waals surface area contributed by atoms with E-state index in [-0.39, 0.29) is 0 Å². The zero-order valence-corrected chi connectivity index (χ0v) is 17.1. The first-order valence-electron chi connectivity index (χ1n) is 8.72. The summed E-state index contributed by atoms with van der Waals surface area (Å²) < 4.78 is 0. The Kier molecular flexibility index (Phi) is 6.69. The van der Waals surface area contributed by atoms with Gasteiger partial charge in [0, 0.05) is 10.0 Å². The Labute approximate surface area is 174 Å². The molecule has 0 heterocycles. The van der Waals surface area contributed by atoms with Gasteiger partial charge >= 0.3 is 0 Å². The first kappa shape index (κ1) is 19.9. The van der Waals surface area contributed by atoms with E-state index in [9.17, 15) is 0 Å². The topological polar surface area (TPSA) is 48.8 Å². The monoisotopic (exact) mass is 410 g/mol. The summed E-state index contributed by atoms with van der Waals surface area (Å²) in [5, 5.41) is 9.94. The van der Waals surface area contributed by atoms with Gasteiger partial charge < -0.3 is 0 Å². The maximum absolute atomic E-state index is 6.12. The molecule has 3 aromatic rings. The molecule has 28 heavy (non-hydrogen) atoms. The van der Waals surface area contributed by atoms with E-state index in [1.54, 1.807) is 12.4 Å². The number of anilines is 2. The summed E-state index contributed by atoms with van der Waals surface area (Å²) in [4.78, 5) is 0. The van der Waals surface area contributed by atoms with Gasteiger partial charge in [-0.15, -0.1) is 0 Å². The largest absolute Gasteiger partial charge is 0.278 e. The Bertz CT molecular complexity index is 950. The van der Waals surface area contributed by atoms with Crippen molar-refractivity contribution in [1.82, 2.24) is 0 Å². The van der Waals surface area contributed by atoms with E-state index in [0.717, 1.165) is 33.6 Å². The third-order valence-corrected chi connectivity index (χ3v) is 4.88. The maximum atomic E-state index is 6.12. The van der Waals surface area contributed by atoms with Crippen molar-refractivity contribution in [3.05, 3.63) is 93.0 Å². The Hall–Kier alpha value is -2.82. The van der Waals surface area contributed by atoms with Gasteiger partial charge in [0.25, 0.3) is 0 Å². The first-order valence-corrected chi connectivity index (χ1v) is 9.47. The van der Waals surface area contributed by atoms with Crippen molar-refractivity contribution in [1.29, 1.82) is 0 Å². The SMILES string of the molecule is Cc1ccc(NN=Cc2cccc(C=NNc3ccc(C)c(Cl)c3)c2)cc1Cl. The van der Waals surface area contributed by atoms with Crippen molar-refractivity contribution in [2.24, 2.45) is 10.2 Å². The minimum Gasteiger partial charge on any atom is -0.278 e. The molecule has 0 unspecified atom stereocenters. The van der Waals surface area contributed by atoms with Crippen LogP contribution in [-0.2, 0) is 0 Å². The lowest BCUT2D eigenvalue weighted by atomic mass is 10.1. The molecule has 4 nitrogen and oxygen atoms in total. The van der Waals surface area contributed by atoms with Crippen LogP contribution in [0.5, 0.6) is 0 Å². The van der Waals surface area contributed by atoms with E-state index in [0.29, 0.717) is 10.0 Å². The van der Waals surface area contributed by atoms with Crippen LogP contribution in [0.2, 0.25) is 10.0 Å². The molecule has 0 amide bonds. The van der Waals surface area contributed by atoms with E-state index in [1.807, 2.05) is 74.5 Å². The average molecular weight is 411 g/mol. The van der Waals surface area contributed by atoms with Gasteiger partial charge in [0.1, 0.15) is 0 Å². The van der Waals surface area contributed by atoms with Gasteiger partial charge in [0.15, 0.2) is 0 Å². The summed E-state index contributed by atoms with van der Waals surface area (Å²) in [5.74, 6) is 0. The molecule has 0 aliphatic carbocycles. The van der Waals surface area contributed by atoms with Crippen molar-refractivity contribution in [2.45, 2.75) is 13.8 Å². The van der Waals surface area contributed by atoms with Crippen LogP contribution in [0.3, 0.4) is 0 Å². The number of hydrazone groups is 2. The minimum atomic E-state index is 0.709. The Balaban J connectivity index is 1.61. The van der Waals surface area contributed by atoms with Gasteiger partial charge in [-0.25, -0.2) is 0 Å². The smallest absolute Gasteiger partial charge is 0.0576 e. The van der Waals surface area contributed by atoms with Gasteiger partial charge in [0.2, 0.25) is 0 Å². The highest BCUT2D eigenvalue weighted by Gasteiger charge is 1.98. The molecule has 3 aromatic carbocycles. The van der Waals surface area contributed by atoms with Crippen LogP contribution in [0.1, 0.15) is 22.3 Å². The summed E-state index contributed by atoms with van der Waals surface area (Å²) >= 11 is 12.2. The minimum absolute atomic E-state index is 0.709. The molecule has 6 heteroatoms. The fraction of sp³-hybridized carbons (Fsp3) is 0.0909. The van der Waals surface area contributed by atoms with Crippen LogP contribution in [-0.4, -0.2) is 12.4 Å². The van der Waals surface area contributed by atoms with Crippen molar-refractivity contribution in [3.63, 3.8) is 0 Å². The number of halogens is 2. The molecule has 0 aromatic heterocycles. The van der Waals surface area contributed by atoms with Gasteiger partial charge in [-0.05, 0) is 66.4 Å². The lowest BCUT2D eigenvalue weighted by molar-refractivity contribution is 1.33. The van der Waals surface area contributed by atoms with Gasteiger partial charge in [-0.3, -0.25) is 10.9 Å². The van der Waals surface area contributed by atoms with Crippen LogP contribution < -0.4 is 10.9 Å². The second-order valence-corrected chi connectivity index (χ2v) is 7.15. The summed E-state index contributed by atoms with van der Waals surface area (Å²) in [6.07, 6.45) is 3.50. The molecule has 0 aliphatic rings. The highest BCUT2D eigenvalue weighted by molar-refractivity contribution is 6.31. The fourth-order valence-corrected chi connectivity index (χ4v) is 2.77. The summed E-state index contributed by atoms with van der Waals surface area (Å²) in [5.41, 5.74) is 11.6. The number of benzene rings is 3. The van der Waals surface area contributed by atoms with Crippen LogP contribution in [0.15, 0.2) is 70.9 Å². The quantitative estimate of drug-likeness (QED) is 0.359. The molecule has 0 radical (unpaired) electrons. The predicted octanol–water partition coefficient (Wildman–Crippen LogP) is 6.50. The molecule has 0 saturated carbocycles. The third-order valence-electron chi connectivity index (χ3n) is 4.07. The molecule has 0 aliphatic heterocycles. The first-order chi connectivity index (χ1) is 13.5. The number of hydrogen-bond acceptors (Lipinski definition) is 4. The highest BCUT2D eigenvalue weighted by atomic mass is 35.5. The molecule has 0 saturated heterocycles. The van der Waals surface area contributed by atoms with Gasteiger partial charge in [-0.2, -0.15) is 10.2 Å². The average Bonchev–Trinajstić information content (AvgIpc) is 2.68. The molecule has 142 valence electrons. The van der Waals surface area contributed by atoms with Crippen LogP contribution >= 0.6 is 23.2 Å². The van der Waals surface area contributed by atoms with E-state index in [4.69, 9.17) is 23.2 Å². The number of nitrogens with one attached hydrogen (secondary N) is 2. The molecule has 0 bridgehead atoms. The van der Waals surface area contributed by atoms with Gasteiger partial charge in [0.05, 0.1) is 23.8 Å². The van der Waals surface area contributed by atoms with Crippen molar-refractivity contribution in [3.8, 4) is 0 Å². The van der Waals surface area contributed by atoms with Crippen molar-refractivity contribution < 1.29 is 0 Å². The Morgan fingerprint density at radius 2 is 1.14 bits per heavy atom. The Morgan fingerprint density at radius 1 is 0.679 bits per heavy atom. The standard InChI is InChI=1S/C22H20Cl2N4/c1-15-6-8-19(11-21(15)23)27-25-13-17-4-3-5-18(10-17)14-26-28-20-9-7-16(2)22(24)12-20/h3-14,27-28H,1-2H3. The number of aryl methyl sites for hydroxylation is 2. The molecular formula is C22H20Cl2N4. The number of rotatable bonds is 6. The third kappa shape index (κ3) is 5.59. The van der Waals surface area contributed by atoms with Crippen LogP contribution in [0.4, 0.5) is 11.4 Å². The second-order valence-electron chi connectivity index (χ2n) is 6.34. The number of hydrogen-bond donors (Lipinski definition) is 2. The molecule has 0 fully saturated rings. The van der Waals surface area contributed by atoms with Crippen molar-refractivity contribution in [2.75, 3.05) is 10.9 Å². The number of nitrogens with zero attached hydrogens (tertiary/aromatic N) is 2. The van der Waals surface area contributed by atoms with Gasteiger partial charge in [-0.1, -0.05) is 53.5 Å². The van der Waals surface area contributed by atoms with Crippen molar-refractivity contribution >= 4 is 47.0 Å². The summed E-state index contributed by atoms with van der Waals surface area (Å²) in [6.45, 7) is 3.93. The Morgan fingerprint density at radius 3 is 1.57 bits per heavy atom. The lowest BCUT2D eigenvalue weighted by Gasteiger charge is -2.03. The highest BCUT2D eigenvalue weighted by Crippen LogP contribution is 2.20. The zero-order valence-electron chi connectivity index (χ0n) is 15.6. The predicted molar refractivity (Wildman–Crippen MR) is 121 cm³/mol.